The SMILES string of the molecule is O=C(C1CCCN(S(=O)(=O)c2cccs2)C1)N1CCN(c2nc3ccc(Cl)cc3s2)CC1. The number of piperazine rings is 1. The van der Waals surface area contributed by atoms with E-state index in [0.717, 1.165) is 21.8 Å². The summed E-state index contributed by atoms with van der Waals surface area (Å²) in [5, 5.41) is 3.41. The van der Waals surface area contributed by atoms with E-state index in [1.165, 1.54) is 15.6 Å². The molecule has 1 amide bonds. The maximum Gasteiger partial charge on any atom is 0.252 e. The molecule has 0 saturated carbocycles. The van der Waals surface area contributed by atoms with Crippen molar-refractivity contribution in [1.29, 1.82) is 0 Å². The summed E-state index contributed by atoms with van der Waals surface area (Å²) in [6.45, 7) is 3.39. The number of amides is 1. The Morgan fingerprint density at radius 3 is 2.69 bits per heavy atom. The molecule has 32 heavy (non-hydrogen) atoms. The minimum Gasteiger partial charge on any atom is -0.345 e. The number of sulfonamides is 1. The third kappa shape index (κ3) is 4.26. The van der Waals surface area contributed by atoms with Crippen LogP contribution in [-0.2, 0) is 14.8 Å². The van der Waals surface area contributed by atoms with Gasteiger partial charge in [-0.15, -0.1) is 11.3 Å². The van der Waals surface area contributed by atoms with Gasteiger partial charge in [0, 0.05) is 44.3 Å². The number of thiazole rings is 1. The Hall–Kier alpha value is -1.72. The van der Waals surface area contributed by atoms with Gasteiger partial charge < -0.3 is 9.80 Å². The zero-order chi connectivity index (χ0) is 22.3. The molecule has 3 aromatic rings. The van der Waals surface area contributed by atoms with E-state index >= 15 is 0 Å². The van der Waals surface area contributed by atoms with Crippen LogP contribution in [0.2, 0.25) is 5.02 Å². The van der Waals surface area contributed by atoms with Crippen molar-refractivity contribution in [1.82, 2.24) is 14.2 Å². The molecule has 0 N–H and O–H groups in total. The van der Waals surface area contributed by atoms with E-state index in [0.29, 0.717) is 48.4 Å². The highest BCUT2D eigenvalue weighted by atomic mass is 35.5. The summed E-state index contributed by atoms with van der Waals surface area (Å²) in [4.78, 5) is 22.0. The van der Waals surface area contributed by atoms with Gasteiger partial charge in [-0.25, -0.2) is 13.4 Å². The van der Waals surface area contributed by atoms with Gasteiger partial charge in [-0.2, -0.15) is 4.31 Å². The molecule has 0 spiro atoms. The fourth-order valence-electron chi connectivity index (χ4n) is 4.30. The molecule has 0 aliphatic carbocycles. The minimum absolute atomic E-state index is 0.0619. The number of halogens is 1. The van der Waals surface area contributed by atoms with E-state index in [1.54, 1.807) is 28.8 Å². The number of thiophene rings is 1. The Balaban J connectivity index is 1.22. The molecule has 1 aromatic carbocycles. The first-order valence-corrected chi connectivity index (χ1v) is 14.1. The van der Waals surface area contributed by atoms with E-state index in [2.05, 4.69) is 4.90 Å². The number of piperidine rings is 1. The zero-order valence-electron chi connectivity index (χ0n) is 17.3. The van der Waals surface area contributed by atoms with Crippen LogP contribution in [0.3, 0.4) is 0 Å². The van der Waals surface area contributed by atoms with Crippen molar-refractivity contribution >= 4 is 65.6 Å². The number of hydrogen-bond acceptors (Lipinski definition) is 7. The molecule has 2 aliphatic rings. The lowest BCUT2D eigenvalue weighted by molar-refractivity contribution is -0.137. The highest BCUT2D eigenvalue weighted by molar-refractivity contribution is 7.91. The second-order valence-electron chi connectivity index (χ2n) is 8.06. The van der Waals surface area contributed by atoms with Crippen LogP contribution >= 0.6 is 34.3 Å². The van der Waals surface area contributed by atoms with E-state index in [9.17, 15) is 13.2 Å². The van der Waals surface area contributed by atoms with Crippen molar-refractivity contribution in [3.05, 3.63) is 40.7 Å². The summed E-state index contributed by atoms with van der Waals surface area (Å²) in [6, 6.07) is 9.06. The topological polar surface area (TPSA) is 73.8 Å². The van der Waals surface area contributed by atoms with Crippen LogP contribution in [0.1, 0.15) is 12.8 Å². The molecule has 2 aliphatic heterocycles. The standard InChI is InChI=1S/C21H23ClN4O3S3/c22-16-5-6-17-18(13-16)31-21(23-17)25-10-8-24(9-11-25)20(27)15-3-1-7-26(14-15)32(28,29)19-4-2-12-30-19/h2,4-6,12-13,15H,1,3,7-11,14H2. The van der Waals surface area contributed by atoms with Gasteiger partial charge in [0.25, 0.3) is 10.0 Å². The lowest BCUT2D eigenvalue weighted by Crippen LogP contribution is -2.53. The second-order valence-corrected chi connectivity index (χ2v) is 12.6. The van der Waals surface area contributed by atoms with Crippen molar-refractivity contribution in [2.75, 3.05) is 44.2 Å². The molecule has 2 saturated heterocycles. The van der Waals surface area contributed by atoms with Crippen LogP contribution in [0.5, 0.6) is 0 Å². The number of anilines is 1. The number of aromatic nitrogens is 1. The molecule has 0 bridgehead atoms. The maximum atomic E-state index is 13.2. The van der Waals surface area contributed by atoms with Crippen LogP contribution in [-0.4, -0.2) is 67.8 Å². The fraction of sp³-hybridized carbons (Fsp3) is 0.429. The summed E-state index contributed by atoms with van der Waals surface area (Å²) < 4.78 is 28.6. The first kappa shape index (κ1) is 22.1. The van der Waals surface area contributed by atoms with Gasteiger partial charge >= 0.3 is 0 Å². The first-order valence-electron chi connectivity index (χ1n) is 10.6. The van der Waals surface area contributed by atoms with Crippen LogP contribution < -0.4 is 4.90 Å². The average molecular weight is 511 g/mol. The molecule has 5 rings (SSSR count). The van der Waals surface area contributed by atoms with E-state index < -0.39 is 10.0 Å². The largest absolute Gasteiger partial charge is 0.345 e. The molecule has 1 atom stereocenters. The van der Waals surface area contributed by atoms with Gasteiger partial charge in [0.2, 0.25) is 5.91 Å². The maximum absolute atomic E-state index is 13.2. The normalized spacial score (nSPS) is 20.7. The Morgan fingerprint density at radius 1 is 1.12 bits per heavy atom. The number of fused-ring (bicyclic) bond motifs is 1. The summed E-state index contributed by atoms with van der Waals surface area (Å²) in [5.41, 5.74) is 0.933. The molecular weight excluding hydrogens is 488 g/mol. The van der Waals surface area contributed by atoms with Crippen LogP contribution in [0.15, 0.2) is 39.9 Å². The predicted octanol–water partition coefficient (Wildman–Crippen LogP) is 3.76. The zero-order valence-corrected chi connectivity index (χ0v) is 20.5. The molecule has 2 aromatic heterocycles. The van der Waals surface area contributed by atoms with E-state index in [4.69, 9.17) is 16.6 Å². The van der Waals surface area contributed by atoms with Crippen molar-refractivity contribution in [2.24, 2.45) is 5.92 Å². The lowest BCUT2D eigenvalue weighted by atomic mass is 9.98. The van der Waals surface area contributed by atoms with Crippen LogP contribution in [0.25, 0.3) is 10.2 Å². The Bertz CT molecular complexity index is 1220. The van der Waals surface area contributed by atoms with E-state index in [-0.39, 0.29) is 18.4 Å². The lowest BCUT2D eigenvalue weighted by Gasteiger charge is -2.38. The number of rotatable bonds is 4. The van der Waals surface area contributed by atoms with Gasteiger partial charge in [0.15, 0.2) is 5.13 Å². The van der Waals surface area contributed by atoms with Crippen molar-refractivity contribution in [3.8, 4) is 0 Å². The Kier molecular flexibility index (Phi) is 6.15. The Labute approximate surface area is 200 Å². The highest BCUT2D eigenvalue weighted by Crippen LogP contribution is 2.32. The monoisotopic (exact) mass is 510 g/mol. The first-order chi connectivity index (χ1) is 15.4. The molecule has 170 valence electrons. The van der Waals surface area contributed by atoms with Crippen molar-refractivity contribution in [3.63, 3.8) is 0 Å². The van der Waals surface area contributed by atoms with Crippen molar-refractivity contribution < 1.29 is 13.2 Å². The fourth-order valence-corrected chi connectivity index (χ4v) is 8.26. The summed E-state index contributed by atoms with van der Waals surface area (Å²) >= 11 is 8.92. The summed E-state index contributed by atoms with van der Waals surface area (Å²) in [7, 11) is -3.52. The summed E-state index contributed by atoms with van der Waals surface area (Å²) in [6.07, 6.45) is 1.43. The van der Waals surface area contributed by atoms with Gasteiger partial charge in [0.1, 0.15) is 4.21 Å². The van der Waals surface area contributed by atoms with Gasteiger partial charge in [-0.3, -0.25) is 4.79 Å². The third-order valence-corrected chi connectivity index (χ3v) is 10.6. The third-order valence-electron chi connectivity index (χ3n) is 6.02. The van der Waals surface area contributed by atoms with E-state index in [1.807, 2.05) is 23.1 Å². The van der Waals surface area contributed by atoms with Gasteiger partial charge in [-0.1, -0.05) is 29.0 Å². The molecular formula is C21H23ClN4O3S3. The number of nitrogens with zero attached hydrogens (tertiary/aromatic N) is 4. The van der Waals surface area contributed by atoms with Crippen LogP contribution in [0, 0.1) is 5.92 Å². The molecule has 1 unspecified atom stereocenters. The Morgan fingerprint density at radius 2 is 1.94 bits per heavy atom. The van der Waals surface area contributed by atoms with Crippen LogP contribution in [0.4, 0.5) is 5.13 Å². The molecule has 11 heteroatoms. The number of carbonyl (C=O) groups excluding carboxylic acids is 1. The quantitative estimate of drug-likeness (QED) is 0.534. The highest BCUT2D eigenvalue weighted by Gasteiger charge is 2.36. The predicted molar refractivity (Wildman–Crippen MR) is 129 cm³/mol. The molecule has 4 heterocycles. The van der Waals surface area contributed by atoms with Gasteiger partial charge in [0.05, 0.1) is 16.1 Å². The smallest absolute Gasteiger partial charge is 0.252 e. The molecule has 7 nitrogen and oxygen atoms in total. The number of carbonyl (C=O) groups is 1. The molecule has 0 radical (unpaired) electrons. The second kappa shape index (κ2) is 8.90. The minimum atomic E-state index is -3.52. The van der Waals surface area contributed by atoms with Crippen molar-refractivity contribution in [2.45, 2.75) is 17.1 Å². The number of hydrogen-bond donors (Lipinski definition) is 0. The molecule has 2 fully saturated rings. The summed E-state index contributed by atoms with van der Waals surface area (Å²) in [5.74, 6) is -0.221. The van der Waals surface area contributed by atoms with Gasteiger partial charge in [-0.05, 0) is 42.5 Å². The number of benzene rings is 1. The average Bonchev–Trinajstić information content (AvgIpc) is 3.49.